The molecule has 0 bridgehead atoms. The first-order valence-electron chi connectivity index (χ1n) is 10.2. The molecular weight excluding hydrogens is 352 g/mol. The van der Waals surface area contributed by atoms with E-state index in [0.29, 0.717) is 11.5 Å². The Kier molecular flexibility index (Phi) is 5.71. The molecule has 0 unspecified atom stereocenters. The summed E-state index contributed by atoms with van der Waals surface area (Å²) in [6.45, 7) is 8.79. The predicted octanol–water partition coefficient (Wildman–Crippen LogP) is 2.60. The molecule has 7 heteroatoms. The molecule has 1 N–H and O–H groups in total. The largest absolute Gasteiger partial charge is 0.372 e. The number of hydrogen-bond acceptors (Lipinski definition) is 6. The average molecular weight is 380 g/mol. The molecule has 3 heterocycles. The van der Waals surface area contributed by atoms with Gasteiger partial charge < -0.3 is 20.0 Å². The first-order chi connectivity index (χ1) is 13.7. The molecule has 2 aliphatic heterocycles. The molecule has 0 saturated carbocycles. The van der Waals surface area contributed by atoms with Crippen LogP contribution in [0.3, 0.4) is 0 Å². The van der Waals surface area contributed by atoms with Crippen molar-refractivity contribution in [3.63, 3.8) is 0 Å². The highest BCUT2D eigenvalue weighted by Crippen LogP contribution is 2.23. The summed E-state index contributed by atoms with van der Waals surface area (Å²) in [6, 6.07) is 12.0. The van der Waals surface area contributed by atoms with Crippen LogP contribution in [0.1, 0.15) is 30.3 Å². The number of nitrogens with one attached hydrogen (secondary N) is 1. The van der Waals surface area contributed by atoms with Crippen LogP contribution in [0.25, 0.3) is 0 Å². The molecule has 2 fully saturated rings. The van der Waals surface area contributed by atoms with Crippen LogP contribution in [0.4, 0.5) is 17.2 Å². The molecule has 0 spiro atoms. The van der Waals surface area contributed by atoms with Crippen molar-refractivity contribution in [2.24, 2.45) is 0 Å². The summed E-state index contributed by atoms with van der Waals surface area (Å²) in [4.78, 5) is 19.2. The van der Waals surface area contributed by atoms with E-state index in [-0.39, 0.29) is 5.91 Å². The lowest BCUT2D eigenvalue weighted by Gasteiger charge is -2.33. The van der Waals surface area contributed by atoms with Crippen molar-refractivity contribution < 1.29 is 4.79 Å². The molecular formula is C21H28N6O. The summed E-state index contributed by atoms with van der Waals surface area (Å²) in [5, 5.41) is 11.6. The van der Waals surface area contributed by atoms with Gasteiger partial charge in [-0.15, -0.1) is 10.2 Å². The monoisotopic (exact) mass is 380 g/mol. The molecule has 7 nitrogen and oxygen atoms in total. The van der Waals surface area contributed by atoms with Gasteiger partial charge in [-0.1, -0.05) is 6.92 Å². The first-order valence-corrected chi connectivity index (χ1v) is 10.2. The maximum Gasteiger partial charge on any atom is 0.274 e. The SMILES string of the molecule is CCN1CCN(C(=O)c2ccc(Nc3ccc(N4CCCC4)cc3)nn2)CC1. The van der Waals surface area contributed by atoms with Crippen LogP contribution in [0, 0.1) is 0 Å². The van der Waals surface area contributed by atoms with Gasteiger partial charge in [-0.3, -0.25) is 4.79 Å². The van der Waals surface area contributed by atoms with Gasteiger partial charge in [-0.2, -0.15) is 0 Å². The van der Waals surface area contributed by atoms with Crippen molar-refractivity contribution in [1.82, 2.24) is 20.0 Å². The Balaban J connectivity index is 1.34. The van der Waals surface area contributed by atoms with Gasteiger partial charge in [0.1, 0.15) is 0 Å². The normalized spacial score (nSPS) is 17.8. The van der Waals surface area contributed by atoms with E-state index in [2.05, 4.69) is 56.5 Å². The number of benzene rings is 1. The molecule has 2 aliphatic rings. The minimum atomic E-state index is -0.0373. The second-order valence-corrected chi connectivity index (χ2v) is 7.40. The number of anilines is 3. The number of hydrogen-bond donors (Lipinski definition) is 1. The van der Waals surface area contributed by atoms with Crippen molar-refractivity contribution in [3.05, 3.63) is 42.1 Å². The molecule has 1 aromatic heterocycles. The summed E-state index contributed by atoms with van der Waals surface area (Å²) in [6.07, 6.45) is 2.55. The number of amides is 1. The lowest BCUT2D eigenvalue weighted by atomic mass is 10.2. The van der Waals surface area contributed by atoms with Crippen LogP contribution in [-0.4, -0.2) is 71.7 Å². The number of piperazine rings is 1. The van der Waals surface area contributed by atoms with Crippen molar-refractivity contribution in [2.75, 3.05) is 56.0 Å². The highest BCUT2D eigenvalue weighted by Gasteiger charge is 2.22. The molecule has 0 atom stereocenters. The zero-order valence-corrected chi connectivity index (χ0v) is 16.5. The molecule has 148 valence electrons. The zero-order chi connectivity index (χ0) is 19.3. The molecule has 28 heavy (non-hydrogen) atoms. The fourth-order valence-electron chi connectivity index (χ4n) is 3.82. The number of aromatic nitrogens is 2. The number of nitrogens with zero attached hydrogens (tertiary/aromatic N) is 5. The summed E-state index contributed by atoms with van der Waals surface area (Å²) in [5.41, 5.74) is 2.63. The molecule has 1 aromatic carbocycles. The van der Waals surface area contributed by atoms with Crippen LogP contribution in [0.15, 0.2) is 36.4 Å². The van der Waals surface area contributed by atoms with Gasteiger partial charge in [0.2, 0.25) is 0 Å². The van der Waals surface area contributed by atoms with E-state index in [0.717, 1.165) is 51.5 Å². The Bertz CT molecular complexity index is 778. The molecule has 4 rings (SSSR count). The fourth-order valence-corrected chi connectivity index (χ4v) is 3.82. The second-order valence-electron chi connectivity index (χ2n) is 7.40. The Labute approximate surface area is 166 Å². The van der Waals surface area contributed by atoms with Crippen molar-refractivity contribution in [3.8, 4) is 0 Å². The third kappa shape index (κ3) is 4.25. The lowest BCUT2D eigenvalue weighted by molar-refractivity contribution is 0.0636. The van der Waals surface area contributed by atoms with E-state index in [9.17, 15) is 4.79 Å². The maximum atomic E-state index is 12.6. The predicted molar refractivity (Wildman–Crippen MR) is 111 cm³/mol. The standard InChI is InChI=1S/C21H28N6O/c1-2-25-13-15-27(16-14-25)21(28)19-9-10-20(24-23-19)22-17-5-7-18(8-6-17)26-11-3-4-12-26/h5-10H,2-4,11-16H2,1H3,(H,22,24). The van der Waals surface area contributed by atoms with Crippen LogP contribution >= 0.6 is 0 Å². The van der Waals surface area contributed by atoms with Gasteiger partial charge in [0.15, 0.2) is 11.5 Å². The van der Waals surface area contributed by atoms with Gasteiger partial charge in [0, 0.05) is 50.6 Å². The minimum absolute atomic E-state index is 0.0373. The Hall–Kier alpha value is -2.67. The van der Waals surface area contributed by atoms with Gasteiger partial charge >= 0.3 is 0 Å². The quantitative estimate of drug-likeness (QED) is 0.860. The van der Waals surface area contributed by atoms with Crippen LogP contribution < -0.4 is 10.2 Å². The Morgan fingerprint density at radius 1 is 0.929 bits per heavy atom. The van der Waals surface area contributed by atoms with Gasteiger partial charge in [0.05, 0.1) is 0 Å². The van der Waals surface area contributed by atoms with Crippen molar-refractivity contribution >= 4 is 23.1 Å². The summed E-state index contributed by atoms with van der Waals surface area (Å²) < 4.78 is 0. The lowest BCUT2D eigenvalue weighted by Crippen LogP contribution is -2.48. The smallest absolute Gasteiger partial charge is 0.274 e. The van der Waals surface area contributed by atoms with E-state index in [4.69, 9.17) is 0 Å². The van der Waals surface area contributed by atoms with E-state index in [1.807, 2.05) is 11.0 Å². The number of carbonyl (C=O) groups is 1. The fraction of sp³-hybridized carbons (Fsp3) is 0.476. The number of likely N-dealkylation sites (N-methyl/N-ethyl adjacent to an activating group) is 1. The Morgan fingerprint density at radius 3 is 2.25 bits per heavy atom. The number of carbonyl (C=O) groups excluding carboxylic acids is 1. The van der Waals surface area contributed by atoms with Gasteiger partial charge in [-0.05, 0) is 55.8 Å². The number of rotatable bonds is 5. The van der Waals surface area contributed by atoms with Crippen molar-refractivity contribution in [2.45, 2.75) is 19.8 Å². The van der Waals surface area contributed by atoms with E-state index in [1.54, 1.807) is 6.07 Å². The highest BCUT2D eigenvalue weighted by atomic mass is 16.2. The van der Waals surface area contributed by atoms with Gasteiger partial charge in [0.25, 0.3) is 5.91 Å². The van der Waals surface area contributed by atoms with Crippen LogP contribution in [0.2, 0.25) is 0 Å². The van der Waals surface area contributed by atoms with E-state index >= 15 is 0 Å². The zero-order valence-electron chi connectivity index (χ0n) is 16.5. The molecule has 0 aliphatic carbocycles. The topological polar surface area (TPSA) is 64.6 Å². The van der Waals surface area contributed by atoms with Crippen LogP contribution in [-0.2, 0) is 0 Å². The third-order valence-electron chi connectivity index (χ3n) is 5.60. The molecule has 0 radical (unpaired) electrons. The summed E-state index contributed by atoms with van der Waals surface area (Å²) >= 11 is 0. The highest BCUT2D eigenvalue weighted by molar-refractivity contribution is 5.92. The van der Waals surface area contributed by atoms with E-state index in [1.165, 1.54) is 18.5 Å². The second kappa shape index (κ2) is 8.56. The third-order valence-corrected chi connectivity index (χ3v) is 5.60. The minimum Gasteiger partial charge on any atom is -0.372 e. The van der Waals surface area contributed by atoms with E-state index < -0.39 is 0 Å². The average Bonchev–Trinajstić information content (AvgIpc) is 3.29. The molecule has 1 amide bonds. The Morgan fingerprint density at radius 2 is 1.64 bits per heavy atom. The summed E-state index contributed by atoms with van der Waals surface area (Å²) in [5.74, 6) is 0.603. The van der Waals surface area contributed by atoms with Gasteiger partial charge in [-0.25, -0.2) is 0 Å². The summed E-state index contributed by atoms with van der Waals surface area (Å²) in [7, 11) is 0. The van der Waals surface area contributed by atoms with Crippen molar-refractivity contribution in [1.29, 1.82) is 0 Å². The maximum absolute atomic E-state index is 12.6. The van der Waals surface area contributed by atoms with Crippen LogP contribution in [0.5, 0.6) is 0 Å². The molecule has 2 aromatic rings. The first kappa shape index (κ1) is 18.7. The molecule has 2 saturated heterocycles.